The Balaban J connectivity index is 1.46. The van der Waals surface area contributed by atoms with Gasteiger partial charge in [-0.2, -0.15) is 5.10 Å². The van der Waals surface area contributed by atoms with Gasteiger partial charge in [-0.25, -0.2) is 18.4 Å². The highest BCUT2D eigenvalue weighted by Crippen LogP contribution is 2.36. The molecule has 1 N–H and O–H groups in total. The third-order valence-electron chi connectivity index (χ3n) is 8.40. The first kappa shape index (κ1) is 32.9. The molecular weight excluding hydrogens is 592 g/mol. The van der Waals surface area contributed by atoms with Crippen LogP contribution in [-0.2, 0) is 16.0 Å². The van der Waals surface area contributed by atoms with Crippen molar-refractivity contribution in [2.24, 2.45) is 5.92 Å². The van der Waals surface area contributed by atoms with Gasteiger partial charge in [0.1, 0.15) is 11.3 Å². The number of alkyl halides is 2. The molecular formula is C35H39F2N5O4. The minimum absolute atomic E-state index is 0.0122. The van der Waals surface area contributed by atoms with E-state index in [2.05, 4.69) is 27.3 Å². The summed E-state index contributed by atoms with van der Waals surface area (Å²) >= 11 is 0. The van der Waals surface area contributed by atoms with Crippen LogP contribution in [0.2, 0.25) is 0 Å². The number of nitrogens with one attached hydrogen (secondary N) is 1. The number of nitrogens with zero attached hydrogens (tertiary/aromatic N) is 4. The van der Waals surface area contributed by atoms with Crippen LogP contribution in [-0.4, -0.2) is 84.8 Å². The van der Waals surface area contributed by atoms with Crippen LogP contribution >= 0.6 is 0 Å². The highest BCUT2D eigenvalue weighted by molar-refractivity contribution is 5.97. The van der Waals surface area contributed by atoms with E-state index in [4.69, 9.17) is 14.6 Å². The van der Waals surface area contributed by atoms with Crippen LogP contribution in [0.15, 0.2) is 72.9 Å². The molecule has 4 aromatic rings. The minimum atomic E-state index is -2.72. The molecule has 2 aromatic heterocycles. The van der Waals surface area contributed by atoms with Gasteiger partial charge in [-0.15, -0.1) is 0 Å². The summed E-state index contributed by atoms with van der Waals surface area (Å²) in [7, 11) is 3.14. The van der Waals surface area contributed by atoms with Crippen molar-refractivity contribution in [1.82, 2.24) is 25.0 Å². The Kier molecular flexibility index (Phi) is 10.9. The van der Waals surface area contributed by atoms with Gasteiger partial charge >= 0.3 is 0 Å². The molecule has 0 spiro atoms. The summed E-state index contributed by atoms with van der Waals surface area (Å²) in [6.07, 6.45) is -0.699. The second kappa shape index (κ2) is 15.2. The Morgan fingerprint density at radius 2 is 1.78 bits per heavy atom. The van der Waals surface area contributed by atoms with E-state index in [9.17, 15) is 18.4 Å². The van der Waals surface area contributed by atoms with Crippen LogP contribution in [0.4, 0.5) is 8.78 Å². The number of halogens is 2. The van der Waals surface area contributed by atoms with Crippen LogP contribution < -0.4 is 10.1 Å². The number of pyridine rings is 1. The van der Waals surface area contributed by atoms with E-state index in [0.717, 1.165) is 36.6 Å². The maximum absolute atomic E-state index is 13.9. The van der Waals surface area contributed by atoms with Crippen molar-refractivity contribution < 1.29 is 27.8 Å². The van der Waals surface area contributed by atoms with Crippen LogP contribution in [0.5, 0.6) is 5.88 Å². The molecule has 9 nitrogen and oxygen atoms in total. The number of likely N-dealkylation sites (tertiary alicyclic amines) is 1. The van der Waals surface area contributed by atoms with Crippen molar-refractivity contribution in [3.63, 3.8) is 0 Å². The molecule has 1 fully saturated rings. The molecule has 46 heavy (non-hydrogen) atoms. The Bertz CT molecular complexity index is 1630. The number of ketones is 1. The van der Waals surface area contributed by atoms with E-state index >= 15 is 0 Å². The average Bonchev–Trinajstić information content (AvgIpc) is 3.63. The molecule has 3 heterocycles. The maximum Gasteiger partial charge on any atom is 0.272 e. The Hall–Kier alpha value is -4.48. The van der Waals surface area contributed by atoms with Gasteiger partial charge in [0.2, 0.25) is 5.88 Å². The third-order valence-corrected chi connectivity index (χ3v) is 8.40. The summed E-state index contributed by atoms with van der Waals surface area (Å²) < 4.78 is 37.9. The number of ether oxygens (including phenoxy) is 2. The van der Waals surface area contributed by atoms with Crippen LogP contribution in [0.3, 0.4) is 0 Å². The van der Waals surface area contributed by atoms with Gasteiger partial charge in [-0.1, -0.05) is 48.5 Å². The fourth-order valence-electron chi connectivity index (χ4n) is 6.13. The number of carbonyl (C=O) groups excluding carboxylic acids is 2. The molecule has 2 atom stereocenters. The molecule has 1 aliphatic rings. The number of benzene rings is 2. The van der Waals surface area contributed by atoms with E-state index in [1.54, 1.807) is 11.8 Å². The highest BCUT2D eigenvalue weighted by Gasteiger charge is 2.35. The number of methoxy groups -OCH3 is 1. The van der Waals surface area contributed by atoms with E-state index in [1.807, 2.05) is 55.5 Å². The van der Waals surface area contributed by atoms with E-state index in [1.165, 1.54) is 24.9 Å². The molecule has 242 valence electrons. The SMILES string of the molecule is CNC(=O)c1cc(-c2nn(-c3ccccc3)c(CC(=O)C[C@@H]3CN(CCOC)C[C@H]3c3ccccc3)c2C)cnc1OCC(F)F. The van der Waals surface area contributed by atoms with Gasteiger partial charge < -0.3 is 19.7 Å². The molecule has 2 aromatic carbocycles. The van der Waals surface area contributed by atoms with Crippen molar-refractivity contribution in [3.05, 3.63) is 95.3 Å². The fraction of sp³-hybridized carbons (Fsp3) is 0.371. The van der Waals surface area contributed by atoms with Crippen molar-refractivity contribution in [3.8, 4) is 22.8 Å². The normalized spacial score (nSPS) is 16.6. The fourth-order valence-corrected chi connectivity index (χ4v) is 6.13. The number of carbonyl (C=O) groups is 2. The number of aromatic nitrogens is 3. The lowest BCUT2D eigenvalue weighted by Crippen LogP contribution is -2.25. The van der Waals surface area contributed by atoms with Gasteiger partial charge in [-0.3, -0.25) is 9.59 Å². The first-order valence-corrected chi connectivity index (χ1v) is 15.3. The molecule has 0 radical (unpaired) electrons. The number of amides is 1. The maximum atomic E-state index is 13.9. The lowest BCUT2D eigenvalue weighted by atomic mass is 9.85. The summed E-state index contributed by atoms with van der Waals surface area (Å²) in [5, 5.41) is 7.39. The van der Waals surface area contributed by atoms with Gasteiger partial charge in [0.05, 0.1) is 23.7 Å². The topological polar surface area (TPSA) is 98.6 Å². The number of hydrogen-bond acceptors (Lipinski definition) is 7. The number of hydrogen-bond donors (Lipinski definition) is 1. The number of Topliss-reactive ketones (excluding diaryl/α,β-unsaturated/α-hetero) is 1. The lowest BCUT2D eigenvalue weighted by molar-refractivity contribution is -0.119. The van der Waals surface area contributed by atoms with Gasteiger partial charge in [-0.05, 0) is 42.2 Å². The zero-order valence-electron chi connectivity index (χ0n) is 26.3. The van der Waals surface area contributed by atoms with Crippen molar-refractivity contribution >= 4 is 11.7 Å². The summed E-state index contributed by atoms with van der Waals surface area (Å²) in [6, 6.07) is 21.4. The first-order valence-electron chi connectivity index (χ1n) is 15.3. The zero-order valence-corrected chi connectivity index (χ0v) is 26.3. The van der Waals surface area contributed by atoms with Gasteiger partial charge in [0.25, 0.3) is 12.3 Å². The number of para-hydroxylation sites is 1. The predicted octanol–water partition coefficient (Wildman–Crippen LogP) is 5.11. The minimum Gasteiger partial charge on any atom is -0.471 e. The summed E-state index contributed by atoms with van der Waals surface area (Å²) in [6.45, 7) is 4.13. The molecule has 1 amide bonds. The standard InChI is InChI=1S/C35H39F2N5O4/c1-23-31(18-28(43)16-26-20-41(14-15-45-3)21-30(26)24-10-6-4-7-11-24)42(27-12-8-5-9-13-27)40-33(23)25-17-29(34(44)38-2)35(39-19-25)46-22-32(36)37/h4-13,17,19,26,30,32H,14-16,18,20-22H2,1-3H3,(H,38,44)/t26-,30+/m1/s1. The molecule has 0 bridgehead atoms. The third kappa shape index (κ3) is 7.66. The summed E-state index contributed by atoms with van der Waals surface area (Å²) in [4.78, 5) is 33.1. The smallest absolute Gasteiger partial charge is 0.272 e. The largest absolute Gasteiger partial charge is 0.471 e. The Morgan fingerprint density at radius 1 is 1.07 bits per heavy atom. The monoisotopic (exact) mass is 631 g/mol. The summed E-state index contributed by atoms with van der Waals surface area (Å²) in [5.74, 6) is -0.232. The second-order valence-electron chi connectivity index (χ2n) is 11.5. The second-order valence-corrected chi connectivity index (χ2v) is 11.5. The number of rotatable bonds is 14. The van der Waals surface area contributed by atoms with Crippen LogP contribution in [0.25, 0.3) is 16.9 Å². The van der Waals surface area contributed by atoms with Crippen LogP contribution in [0.1, 0.15) is 39.5 Å². The molecule has 0 aliphatic carbocycles. The Labute approximate surface area is 267 Å². The molecule has 0 unspecified atom stereocenters. The highest BCUT2D eigenvalue weighted by atomic mass is 19.3. The predicted molar refractivity (Wildman–Crippen MR) is 171 cm³/mol. The average molecular weight is 632 g/mol. The van der Waals surface area contributed by atoms with Crippen molar-refractivity contribution in [2.75, 3.05) is 47.0 Å². The van der Waals surface area contributed by atoms with Crippen molar-refractivity contribution in [2.45, 2.75) is 32.1 Å². The van der Waals surface area contributed by atoms with E-state index in [-0.39, 0.29) is 35.5 Å². The van der Waals surface area contributed by atoms with E-state index in [0.29, 0.717) is 24.3 Å². The molecule has 0 saturated carbocycles. The Morgan fingerprint density at radius 3 is 2.46 bits per heavy atom. The van der Waals surface area contributed by atoms with Gasteiger partial charge in [0, 0.05) is 64.3 Å². The van der Waals surface area contributed by atoms with Crippen molar-refractivity contribution in [1.29, 1.82) is 0 Å². The summed E-state index contributed by atoms with van der Waals surface area (Å²) in [5.41, 5.74) is 4.54. The van der Waals surface area contributed by atoms with Crippen LogP contribution in [0, 0.1) is 12.8 Å². The van der Waals surface area contributed by atoms with Gasteiger partial charge in [0.15, 0.2) is 6.61 Å². The molecule has 1 aliphatic heterocycles. The zero-order chi connectivity index (χ0) is 32.6. The van der Waals surface area contributed by atoms with E-state index < -0.39 is 18.9 Å². The first-order chi connectivity index (χ1) is 22.3. The molecule has 11 heteroatoms. The molecule has 5 rings (SSSR count). The lowest BCUT2D eigenvalue weighted by Gasteiger charge is -2.18. The quantitative estimate of drug-likeness (QED) is 0.207. The molecule has 1 saturated heterocycles.